The Hall–Kier alpha value is -3.00. The number of fused-ring (bicyclic) bond motifs is 1. The van der Waals surface area contributed by atoms with Crippen molar-refractivity contribution in [3.05, 3.63) is 43.1 Å². The Morgan fingerprint density at radius 1 is 0.833 bits per heavy atom. The smallest absolute Gasteiger partial charge is 0.144 e. The predicted molar refractivity (Wildman–Crippen MR) is 118 cm³/mol. The van der Waals surface area contributed by atoms with Crippen molar-refractivity contribution in [1.29, 1.82) is 0 Å². The maximum Gasteiger partial charge on any atom is 0.144 e. The normalized spacial score (nSPS) is 22.1. The van der Waals surface area contributed by atoms with E-state index in [1.807, 2.05) is 0 Å². The molecule has 0 radical (unpaired) electrons. The van der Waals surface area contributed by atoms with Crippen molar-refractivity contribution in [2.45, 2.75) is 37.8 Å². The Morgan fingerprint density at radius 3 is 2.33 bits per heavy atom. The van der Waals surface area contributed by atoms with Gasteiger partial charge in [0.05, 0.1) is 30.6 Å². The van der Waals surface area contributed by atoms with Crippen molar-refractivity contribution in [2.24, 2.45) is 0 Å². The zero-order valence-electron chi connectivity index (χ0n) is 17.0. The van der Waals surface area contributed by atoms with Crippen LogP contribution < -0.4 is 15.5 Å². The topological polar surface area (TPSA) is 88.1 Å². The van der Waals surface area contributed by atoms with Gasteiger partial charge < -0.3 is 20.3 Å². The average Bonchev–Trinajstić information content (AvgIpc) is 2.81. The van der Waals surface area contributed by atoms with E-state index in [2.05, 4.69) is 47.6 Å². The Bertz CT molecular complexity index is 970. The van der Waals surface area contributed by atoms with Crippen LogP contribution in [0.5, 0.6) is 0 Å². The van der Waals surface area contributed by atoms with Crippen molar-refractivity contribution in [2.75, 3.05) is 41.8 Å². The van der Waals surface area contributed by atoms with Gasteiger partial charge in [-0.2, -0.15) is 0 Å². The molecule has 0 bridgehead atoms. The first kappa shape index (κ1) is 19.0. The zero-order valence-corrected chi connectivity index (χ0v) is 17.0. The monoisotopic (exact) mass is 405 g/mol. The van der Waals surface area contributed by atoms with E-state index in [0.29, 0.717) is 12.1 Å². The van der Waals surface area contributed by atoms with E-state index in [9.17, 15) is 0 Å². The molecule has 0 unspecified atom stereocenters. The van der Waals surface area contributed by atoms with Gasteiger partial charge in [-0.05, 0) is 37.8 Å². The Kier molecular flexibility index (Phi) is 5.56. The summed E-state index contributed by atoms with van der Waals surface area (Å²) in [4.78, 5) is 20.0. The van der Waals surface area contributed by atoms with Crippen LogP contribution in [-0.2, 0) is 4.74 Å². The van der Waals surface area contributed by atoms with Crippen molar-refractivity contribution in [3.8, 4) is 0 Å². The minimum Gasteiger partial charge on any atom is -0.380 e. The van der Waals surface area contributed by atoms with Gasteiger partial charge in [0.25, 0.3) is 0 Å². The second-order valence-corrected chi connectivity index (χ2v) is 7.94. The van der Waals surface area contributed by atoms with Gasteiger partial charge in [-0.3, -0.25) is 15.0 Å². The molecule has 2 N–H and O–H groups in total. The second kappa shape index (κ2) is 8.79. The molecular formula is C22H27N7O. The van der Waals surface area contributed by atoms with Crippen molar-refractivity contribution in [1.82, 2.24) is 19.9 Å². The lowest BCUT2D eigenvalue weighted by Crippen LogP contribution is -2.36. The quantitative estimate of drug-likeness (QED) is 0.670. The SMILES string of the molecule is c1cnc(N[C@H]2CC[C@@H](Nc3cc(N4CCOCC4)cc4nccnc34)CC2)cn1. The fourth-order valence-corrected chi connectivity index (χ4v) is 4.36. The molecule has 2 aromatic heterocycles. The molecule has 30 heavy (non-hydrogen) atoms. The van der Waals surface area contributed by atoms with Gasteiger partial charge in [-0.25, -0.2) is 4.98 Å². The Morgan fingerprint density at radius 2 is 1.57 bits per heavy atom. The van der Waals surface area contributed by atoms with Crippen molar-refractivity contribution >= 4 is 28.2 Å². The summed E-state index contributed by atoms with van der Waals surface area (Å²) < 4.78 is 5.51. The average molecular weight is 406 g/mol. The van der Waals surface area contributed by atoms with Gasteiger partial charge >= 0.3 is 0 Å². The summed E-state index contributed by atoms with van der Waals surface area (Å²) in [7, 11) is 0. The number of hydrogen-bond acceptors (Lipinski definition) is 8. The molecule has 0 amide bonds. The maximum absolute atomic E-state index is 5.51. The molecule has 3 heterocycles. The Balaban J connectivity index is 1.29. The van der Waals surface area contributed by atoms with E-state index < -0.39 is 0 Å². The molecule has 1 aliphatic heterocycles. The third-order valence-electron chi connectivity index (χ3n) is 5.94. The van der Waals surface area contributed by atoms with Crippen LogP contribution in [-0.4, -0.2) is 58.3 Å². The number of benzene rings is 1. The highest BCUT2D eigenvalue weighted by Crippen LogP contribution is 2.31. The highest BCUT2D eigenvalue weighted by Gasteiger charge is 2.23. The van der Waals surface area contributed by atoms with Gasteiger partial charge in [0, 0.05) is 55.6 Å². The summed E-state index contributed by atoms with van der Waals surface area (Å²) in [6, 6.07) is 5.23. The molecule has 3 aromatic rings. The van der Waals surface area contributed by atoms with Gasteiger partial charge in [-0.1, -0.05) is 0 Å². The van der Waals surface area contributed by atoms with Crippen LogP contribution in [0.4, 0.5) is 17.2 Å². The van der Waals surface area contributed by atoms with Crippen LogP contribution in [0.1, 0.15) is 25.7 Å². The van der Waals surface area contributed by atoms with Crippen LogP contribution in [0.2, 0.25) is 0 Å². The lowest BCUT2D eigenvalue weighted by atomic mass is 9.91. The highest BCUT2D eigenvalue weighted by atomic mass is 16.5. The maximum atomic E-state index is 5.51. The molecule has 2 aliphatic rings. The van der Waals surface area contributed by atoms with Crippen LogP contribution in [0.3, 0.4) is 0 Å². The van der Waals surface area contributed by atoms with Crippen molar-refractivity contribution < 1.29 is 4.74 Å². The molecule has 1 aliphatic carbocycles. The molecule has 1 saturated heterocycles. The summed E-state index contributed by atoms with van der Waals surface area (Å²) in [6.45, 7) is 3.35. The first-order chi connectivity index (χ1) is 14.8. The van der Waals surface area contributed by atoms with Crippen LogP contribution >= 0.6 is 0 Å². The number of morpholine rings is 1. The first-order valence-electron chi connectivity index (χ1n) is 10.7. The van der Waals surface area contributed by atoms with E-state index in [1.54, 1.807) is 31.0 Å². The highest BCUT2D eigenvalue weighted by molar-refractivity contribution is 5.91. The largest absolute Gasteiger partial charge is 0.380 e. The number of rotatable bonds is 5. The minimum atomic E-state index is 0.426. The molecule has 1 aromatic carbocycles. The number of hydrogen-bond donors (Lipinski definition) is 2. The van der Waals surface area contributed by atoms with E-state index >= 15 is 0 Å². The van der Waals surface area contributed by atoms with E-state index in [1.165, 1.54) is 5.69 Å². The van der Waals surface area contributed by atoms with Gasteiger partial charge in [-0.15, -0.1) is 0 Å². The number of nitrogens with one attached hydrogen (secondary N) is 2. The summed E-state index contributed by atoms with van der Waals surface area (Å²) >= 11 is 0. The summed E-state index contributed by atoms with van der Waals surface area (Å²) in [6.07, 6.45) is 13.1. The van der Waals surface area contributed by atoms with Crippen LogP contribution in [0.15, 0.2) is 43.1 Å². The summed E-state index contributed by atoms with van der Waals surface area (Å²) in [5.41, 5.74) is 4.13. The number of anilines is 3. The predicted octanol–water partition coefficient (Wildman–Crippen LogP) is 3.09. The molecule has 156 valence electrons. The molecule has 8 nitrogen and oxygen atoms in total. The summed E-state index contributed by atoms with van der Waals surface area (Å²) in [5, 5.41) is 7.28. The molecule has 2 fully saturated rings. The van der Waals surface area contributed by atoms with E-state index in [4.69, 9.17) is 4.74 Å². The lowest BCUT2D eigenvalue weighted by molar-refractivity contribution is 0.122. The molecule has 0 spiro atoms. The number of ether oxygens (including phenoxy) is 1. The molecule has 0 atom stereocenters. The zero-order chi connectivity index (χ0) is 20.2. The Labute approximate surface area is 176 Å². The third kappa shape index (κ3) is 4.28. The van der Waals surface area contributed by atoms with Crippen molar-refractivity contribution in [3.63, 3.8) is 0 Å². The number of aromatic nitrogens is 4. The van der Waals surface area contributed by atoms with E-state index in [0.717, 1.165) is 74.5 Å². The second-order valence-electron chi connectivity index (χ2n) is 7.94. The minimum absolute atomic E-state index is 0.426. The molecule has 1 saturated carbocycles. The third-order valence-corrected chi connectivity index (χ3v) is 5.94. The fourth-order valence-electron chi connectivity index (χ4n) is 4.36. The van der Waals surface area contributed by atoms with Gasteiger partial charge in [0.1, 0.15) is 11.3 Å². The molecule has 8 heteroatoms. The van der Waals surface area contributed by atoms with Gasteiger partial charge in [0.15, 0.2) is 0 Å². The number of nitrogens with zero attached hydrogens (tertiary/aromatic N) is 5. The van der Waals surface area contributed by atoms with Gasteiger partial charge in [0.2, 0.25) is 0 Å². The van der Waals surface area contributed by atoms with Crippen LogP contribution in [0.25, 0.3) is 11.0 Å². The lowest BCUT2D eigenvalue weighted by Gasteiger charge is -2.32. The fraction of sp³-hybridized carbons (Fsp3) is 0.455. The van der Waals surface area contributed by atoms with Crippen LogP contribution in [0, 0.1) is 0 Å². The molecular weight excluding hydrogens is 378 g/mol. The van der Waals surface area contributed by atoms with E-state index in [-0.39, 0.29) is 0 Å². The molecule has 5 rings (SSSR count). The standard InChI is InChI=1S/C22H27N7O/c1-3-17(28-21-15-23-5-6-25-21)4-2-16(1)27-20-14-18(29-9-11-30-12-10-29)13-19-22(20)26-8-7-24-19/h5-8,13-17,27H,1-4,9-12H2,(H,25,28)/t16-,17+. The summed E-state index contributed by atoms with van der Waals surface area (Å²) in [5.74, 6) is 0.855. The first-order valence-corrected chi connectivity index (χ1v) is 10.7.